The average molecular weight is 205 g/mol. The minimum Gasteiger partial charge on any atom is -0.493 e. The van der Waals surface area contributed by atoms with E-state index in [0.717, 1.165) is 31.7 Å². The van der Waals surface area contributed by atoms with E-state index >= 15 is 0 Å². The smallest absolute Gasteiger partial charge is 0.122 e. The molecule has 0 fully saturated rings. The Morgan fingerprint density at radius 3 is 3.20 bits per heavy atom. The van der Waals surface area contributed by atoms with Crippen molar-refractivity contribution in [2.45, 2.75) is 25.7 Å². The lowest BCUT2D eigenvalue weighted by atomic mass is 10.0. The summed E-state index contributed by atoms with van der Waals surface area (Å²) in [7, 11) is 2.00. The van der Waals surface area contributed by atoms with Gasteiger partial charge in [-0.3, -0.25) is 0 Å². The first kappa shape index (κ1) is 10.5. The van der Waals surface area contributed by atoms with Crippen LogP contribution in [0.3, 0.4) is 0 Å². The molecule has 1 aromatic carbocycles. The highest BCUT2D eigenvalue weighted by molar-refractivity contribution is 5.38. The minimum absolute atomic E-state index is 0.881. The van der Waals surface area contributed by atoms with Gasteiger partial charge in [-0.25, -0.2) is 0 Å². The van der Waals surface area contributed by atoms with Crippen molar-refractivity contribution in [2.24, 2.45) is 0 Å². The van der Waals surface area contributed by atoms with Crippen LogP contribution < -0.4 is 10.1 Å². The fourth-order valence-corrected chi connectivity index (χ4v) is 2.04. The molecule has 1 heterocycles. The second kappa shape index (κ2) is 5.17. The number of nitrogens with one attached hydrogen (secondary N) is 1. The van der Waals surface area contributed by atoms with Crippen LogP contribution in [0.1, 0.15) is 24.0 Å². The van der Waals surface area contributed by atoms with Crippen LogP contribution in [0.2, 0.25) is 0 Å². The Morgan fingerprint density at radius 1 is 1.40 bits per heavy atom. The van der Waals surface area contributed by atoms with Crippen LogP contribution in [0.4, 0.5) is 0 Å². The summed E-state index contributed by atoms with van der Waals surface area (Å²) in [6.45, 7) is 1.97. The molecular formula is C13H19NO. The fraction of sp³-hybridized carbons (Fsp3) is 0.538. The van der Waals surface area contributed by atoms with Gasteiger partial charge < -0.3 is 10.1 Å². The first-order chi connectivity index (χ1) is 7.40. The van der Waals surface area contributed by atoms with Gasteiger partial charge in [0.2, 0.25) is 0 Å². The Hall–Kier alpha value is -1.02. The summed E-state index contributed by atoms with van der Waals surface area (Å²) in [5.41, 5.74) is 2.83. The predicted octanol–water partition coefficient (Wildman–Crippen LogP) is 2.16. The van der Waals surface area contributed by atoms with Crippen molar-refractivity contribution in [3.63, 3.8) is 0 Å². The van der Waals surface area contributed by atoms with Crippen LogP contribution in [0, 0.1) is 0 Å². The molecular weight excluding hydrogens is 186 g/mol. The van der Waals surface area contributed by atoms with Crippen LogP contribution in [0.25, 0.3) is 0 Å². The zero-order valence-electron chi connectivity index (χ0n) is 9.38. The van der Waals surface area contributed by atoms with Crippen LogP contribution >= 0.6 is 0 Å². The molecule has 0 atom stereocenters. The van der Waals surface area contributed by atoms with E-state index in [1.807, 2.05) is 7.05 Å². The zero-order valence-corrected chi connectivity index (χ0v) is 9.38. The third-order valence-electron chi connectivity index (χ3n) is 2.87. The number of hydrogen-bond acceptors (Lipinski definition) is 2. The van der Waals surface area contributed by atoms with E-state index in [1.54, 1.807) is 0 Å². The number of aryl methyl sites for hydroxylation is 2. The lowest BCUT2D eigenvalue weighted by Gasteiger charge is -2.17. The molecule has 1 aliphatic rings. The topological polar surface area (TPSA) is 21.3 Å². The van der Waals surface area contributed by atoms with Gasteiger partial charge in [-0.15, -0.1) is 0 Å². The van der Waals surface area contributed by atoms with Crippen molar-refractivity contribution in [1.82, 2.24) is 5.32 Å². The standard InChI is InChI=1S/C13H19NO/c1-14-8-2-4-11-6-7-13-12(10-11)5-3-9-15-13/h6-7,10,14H,2-5,8-9H2,1H3. The number of ether oxygens (including phenoxy) is 1. The minimum atomic E-state index is 0.881. The quantitative estimate of drug-likeness (QED) is 0.761. The van der Waals surface area contributed by atoms with E-state index in [9.17, 15) is 0 Å². The third kappa shape index (κ3) is 2.72. The average Bonchev–Trinajstić information content (AvgIpc) is 2.29. The second-order valence-electron chi connectivity index (χ2n) is 4.10. The summed E-state index contributed by atoms with van der Waals surface area (Å²) in [5, 5.41) is 3.18. The van der Waals surface area contributed by atoms with E-state index < -0.39 is 0 Å². The first-order valence-electron chi connectivity index (χ1n) is 5.79. The van der Waals surface area contributed by atoms with Gasteiger partial charge in [0, 0.05) is 0 Å². The molecule has 0 saturated heterocycles. The number of rotatable bonds is 4. The normalized spacial score (nSPS) is 14.5. The summed E-state index contributed by atoms with van der Waals surface area (Å²) in [6, 6.07) is 6.63. The fourth-order valence-electron chi connectivity index (χ4n) is 2.04. The van der Waals surface area contributed by atoms with Gasteiger partial charge in [-0.1, -0.05) is 12.1 Å². The number of fused-ring (bicyclic) bond motifs is 1. The molecule has 82 valence electrons. The molecule has 0 unspecified atom stereocenters. The van der Waals surface area contributed by atoms with Crippen molar-refractivity contribution in [2.75, 3.05) is 20.2 Å². The monoisotopic (exact) mass is 205 g/mol. The van der Waals surface area contributed by atoms with Crippen molar-refractivity contribution >= 4 is 0 Å². The maximum absolute atomic E-state index is 5.59. The van der Waals surface area contributed by atoms with Gasteiger partial charge in [0.05, 0.1) is 6.61 Å². The summed E-state index contributed by atoms with van der Waals surface area (Å²) in [6.07, 6.45) is 4.70. The summed E-state index contributed by atoms with van der Waals surface area (Å²) < 4.78 is 5.59. The first-order valence-corrected chi connectivity index (χ1v) is 5.79. The molecule has 0 spiro atoms. The van der Waals surface area contributed by atoms with Crippen molar-refractivity contribution < 1.29 is 4.74 Å². The molecule has 2 nitrogen and oxygen atoms in total. The molecule has 0 saturated carbocycles. The molecule has 0 bridgehead atoms. The van der Waals surface area contributed by atoms with E-state index in [-0.39, 0.29) is 0 Å². The Labute approximate surface area is 91.6 Å². The van der Waals surface area contributed by atoms with Crippen LogP contribution in [0.15, 0.2) is 18.2 Å². The molecule has 0 radical (unpaired) electrons. The van der Waals surface area contributed by atoms with Crippen molar-refractivity contribution in [1.29, 1.82) is 0 Å². The van der Waals surface area contributed by atoms with Gasteiger partial charge in [0.25, 0.3) is 0 Å². The summed E-state index contributed by atoms with van der Waals surface area (Å²) in [4.78, 5) is 0. The number of hydrogen-bond donors (Lipinski definition) is 1. The lowest BCUT2D eigenvalue weighted by Crippen LogP contribution is -2.10. The molecule has 15 heavy (non-hydrogen) atoms. The van der Waals surface area contributed by atoms with E-state index in [2.05, 4.69) is 23.5 Å². The van der Waals surface area contributed by atoms with Crippen LogP contribution in [-0.4, -0.2) is 20.2 Å². The molecule has 1 N–H and O–H groups in total. The van der Waals surface area contributed by atoms with Gasteiger partial charge in [0.1, 0.15) is 5.75 Å². The van der Waals surface area contributed by atoms with Gasteiger partial charge in [-0.2, -0.15) is 0 Å². The van der Waals surface area contributed by atoms with Crippen molar-refractivity contribution in [3.8, 4) is 5.75 Å². The van der Waals surface area contributed by atoms with E-state index in [4.69, 9.17) is 4.74 Å². The highest BCUT2D eigenvalue weighted by atomic mass is 16.5. The van der Waals surface area contributed by atoms with Crippen molar-refractivity contribution in [3.05, 3.63) is 29.3 Å². The molecule has 2 heteroatoms. The summed E-state index contributed by atoms with van der Waals surface area (Å²) >= 11 is 0. The molecule has 1 aromatic rings. The lowest BCUT2D eigenvalue weighted by molar-refractivity contribution is 0.288. The Balaban J connectivity index is 2.00. The molecule has 0 aromatic heterocycles. The molecule has 2 rings (SSSR count). The Kier molecular flexibility index (Phi) is 3.62. The molecule has 0 amide bonds. The highest BCUT2D eigenvalue weighted by Crippen LogP contribution is 2.25. The van der Waals surface area contributed by atoms with Gasteiger partial charge in [-0.05, 0) is 56.5 Å². The van der Waals surface area contributed by atoms with Gasteiger partial charge >= 0.3 is 0 Å². The van der Waals surface area contributed by atoms with Gasteiger partial charge in [0.15, 0.2) is 0 Å². The second-order valence-corrected chi connectivity index (χ2v) is 4.10. The maximum Gasteiger partial charge on any atom is 0.122 e. The molecule has 0 aliphatic carbocycles. The van der Waals surface area contributed by atoms with E-state index in [1.165, 1.54) is 24.0 Å². The SMILES string of the molecule is CNCCCc1ccc2c(c1)CCCO2. The van der Waals surface area contributed by atoms with E-state index in [0.29, 0.717) is 0 Å². The zero-order chi connectivity index (χ0) is 10.5. The Bertz CT molecular complexity index is 322. The summed E-state index contributed by atoms with van der Waals surface area (Å²) in [5.74, 6) is 1.10. The van der Waals surface area contributed by atoms with Crippen LogP contribution in [-0.2, 0) is 12.8 Å². The molecule has 1 aliphatic heterocycles. The predicted molar refractivity (Wildman–Crippen MR) is 62.5 cm³/mol. The highest BCUT2D eigenvalue weighted by Gasteiger charge is 2.09. The largest absolute Gasteiger partial charge is 0.493 e. The third-order valence-corrected chi connectivity index (χ3v) is 2.87. The Morgan fingerprint density at radius 2 is 2.33 bits per heavy atom. The van der Waals surface area contributed by atoms with Crippen LogP contribution in [0.5, 0.6) is 5.75 Å². The maximum atomic E-state index is 5.59. The number of benzene rings is 1.